The fraction of sp³-hybridized carbons (Fsp3) is 0.533. The summed E-state index contributed by atoms with van der Waals surface area (Å²) in [5.74, 6) is -0.572. The van der Waals surface area contributed by atoms with Crippen molar-refractivity contribution in [2.75, 3.05) is 26.2 Å². The van der Waals surface area contributed by atoms with Crippen LogP contribution in [0.4, 0.5) is 4.39 Å². The van der Waals surface area contributed by atoms with Gasteiger partial charge in [-0.25, -0.2) is 4.39 Å². The van der Waals surface area contributed by atoms with Gasteiger partial charge in [-0.2, -0.15) is 0 Å². The Morgan fingerprint density at radius 1 is 1.25 bits per heavy atom. The van der Waals surface area contributed by atoms with Gasteiger partial charge >= 0.3 is 0 Å². The molecule has 1 unspecified atom stereocenters. The van der Waals surface area contributed by atoms with Crippen LogP contribution in [0.25, 0.3) is 0 Å². The van der Waals surface area contributed by atoms with Crippen molar-refractivity contribution in [3.63, 3.8) is 0 Å². The second-order valence-corrected chi connectivity index (χ2v) is 6.81. The van der Waals surface area contributed by atoms with Gasteiger partial charge in [0.25, 0.3) is 5.91 Å². The molecule has 1 atom stereocenters. The molecule has 3 rings (SSSR count). The number of piperazine rings is 1. The summed E-state index contributed by atoms with van der Waals surface area (Å²) in [6.45, 7) is 3.51. The number of hydrogen-bond acceptors (Lipinski definition) is 2. The standard InChI is InChI=1S/C15H18FIN2O/c16-14-9-11(17)4-5-13(14)15(20)19-8-7-18-6-2-1-3-12(18)10-19/h4-5,9,12H,1-3,6-8,10H2. The first kappa shape index (κ1) is 14.3. The molecule has 2 aliphatic heterocycles. The van der Waals surface area contributed by atoms with Gasteiger partial charge in [0, 0.05) is 29.2 Å². The third kappa shape index (κ3) is 2.83. The maximum Gasteiger partial charge on any atom is 0.256 e. The lowest BCUT2D eigenvalue weighted by atomic mass is 9.99. The highest BCUT2D eigenvalue weighted by Gasteiger charge is 2.32. The second kappa shape index (κ2) is 5.97. The molecule has 0 N–H and O–H groups in total. The number of nitrogens with zero attached hydrogens (tertiary/aromatic N) is 2. The van der Waals surface area contributed by atoms with E-state index in [0.29, 0.717) is 12.6 Å². The van der Waals surface area contributed by atoms with Crippen molar-refractivity contribution in [2.45, 2.75) is 25.3 Å². The van der Waals surface area contributed by atoms with Crippen LogP contribution in [0, 0.1) is 9.39 Å². The molecule has 20 heavy (non-hydrogen) atoms. The number of hydrogen-bond donors (Lipinski definition) is 0. The summed E-state index contributed by atoms with van der Waals surface area (Å²) in [5.41, 5.74) is 0.203. The largest absolute Gasteiger partial charge is 0.336 e. The van der Waals surface area contributed by atoms with Gasteiger partial charge in [0.15, 0.2) is 0 Å². The first-order valence-corrected chi connectivity index (χ1v) is 8.21. The highest BCUT2D eigenvalue weighted by Crippen LogP contribution is 2.23. The summed E-state index contributed by atoms with van der Waals surface area (Å²) in [6.07, 6.45) is 3.65. The quantitative estimate of drug-likeness (QED) is 0.691. The number of benzene rings is 1. The molecule has 2 aliphatic rings. The molecule has 0 aromatic heterocycles. The van der Waals surface area contributed by atoms with Crippen molar-refractivity contribution < 1.29 is 9.18 Å². The Bertz CT molecular complexity index is 523. The molecule has 5 heteroatoms. The molecule has 0 spiro atoms. The average Bonchev–Trinajstić information content (AvgIpc) is 2.46. The van der Waals surface area contributed by atoms with Crippen molar-refractivity contribution in [3.8, 4) is 0 Å². The predicted octanol–water partition coefficient (Wildman–Crippen LogP) is 2.74. The third-order valence-electron chi connectivity index (χ3n) is 4.29. The van der Waals surface area contributed by atoms with Gasteiger partial charge in [-0.3, -0.25) is 9.69 Å². The maximum atomic E-state index is 13.9. The van der Waals surface area contributed by atoms with Crippen LogP contribution < -0.4 is 0 Å². The van der Waals surface area contributed by atoms with E-state index in [0.717, 1.165) is 29.6 Å². The van der Waals surface area contributed by atoms with E-state index in [2.05, 4.69) is 27.5 Å². The van der Waals surface area contributed by atoms with Gasteiger partial charge in [-0.1, -0.05) is 6.42 Å². The molecule has 2 saturated heterocycles. The molecular formula is C15H18FIN2O. The van der Waals surface area contributed by atoms with E-state index in [4.69, 9.17) is 0 Å². The van der Waals surface area contributed by atoms with E-state index in [-0.39, 0.29) is 11.5 Å². The van der Waals surface area contributed by atoms with Crippen LogP contribution >= 0.6 is 22.6 Å². The number of carbonyl (C=O) groups is 1. The Morgan fingerprint density at radius 2 is 2.10 bits per heavy atom. The SMILES string of the molecule is O=C(c1ccc(I)cc1F)N1CCN2CCCCC2C1. The Morgan fingerprint density at radius 3 is 2.90 bits per heavy atom. The van der Waals surface area contributed by atoms with Crippen LogP contribution in [-0.2, 0) is 0 Å². The fourth-order valence-corrected chi connectivity index (χ4v) is 3.63. The molecular weight excluding hydrogens is 370 g/mol. The first-order chi connectivity index (χ1) is 9.65. The maximum absolute atomic E-state index is 13.9. The lowest BCUT2D eigenvalue weighted by molar-refractivity contribution is 0.0369. The number of amides is 1. The minimum Gasteiger partial charge on any atom is -0.336 e. The topological polar surface area (TPSA) is 23.6 Å². The Hall–Kier alpha value is -0.690. The van der Waals surface area contributed by atoms with Crippen molar-refractivity contribution >= 4 is 28.5 Å². The lowest BCUT2D eigenvalue weighted by Gasteiger charge is -2.44. The van der Waals surface area contributed by atoms with Gasteiger partial charge in [-0.15, -0.1) is 0 Å². The second-order valence-electron chi connectivity index (χ2n) is 5.56. The molecule has 3 nitrogen and oxygen atoms in total. The molecule has 2 heterocycles. The summed E-state index contributed by atoms with van der Waals surface area (Å²) in [5, 5.41) is 0. The summed E-state index contributed by atoms with van der Waals surface area (Å²) in [6, 6.07) is 5.28. The van der Waals surface area contributed by atoms with Crippen LogP contribution in [0.15, 0.2) is 18.2 Å². The van der Waals surface area contributed by atoms with E-state index >= 15 is 0 Å². The van der Waals surface area contributed by atoms with E-state index < -0.39 is 5.82 Å². The van der Waals surface area contributed by atoms with Gasteiger partial charge in [0.1, 0.15) is 5.82 Å². The minimum absolute atomic E-state index is 0.163. The van der Waals surface area contributed by atoms with Gasteiger partial charge in [0.05, 0.1) is 5.56 Å². The molecule has 0 bridgehead atoms. The average molecular weight is 388 g/mol. The molecule has 1 aromatic carbocycles. The molecule has 2 fully saturated rings. The van der Waals surface area contributed by atoms with E-state index in [1.54, 1.807) is 12.1 Å². The lowest BCUT2D eigenvalue weighted by Crippen LogP contribution is -2.56. The number of fused-ring (bicyclic) bond motifs is 1. The van der Waals surface area contributed by atoms with Crippen molar-refractivity contribution in [1.82, 2.24) is 9.80 Å². The van der Waals surface area contributed by atoms with Crippen LogP contribution in [-0.4, -0.2) is 47.9 Å². The summed E-state index contributed by atoms with van der Waals surface area (Å²) in [7, 11) is 0. The number of carbonyl (C=O) groups excluding carboxylic acids is 1. The van der Waals surface area contributed by atoms with E-state index in [9.17, 15) is 9.18 Å². The predicted molar refractivity (Wildman–Crippen MR) is 84.2 cm³/mol. The van der Waals surface area contributed by atoms with E-state index in [1.807, 2.05) is 4.90 Å². The molecule has 0 radical (unpaired) electrons. The van der Waals surface area contributed by atoms with Crippen LogP contribution in [0.5, 0.6) is 0 Å². The zero-order valence-electron chi connectivity index (χ0n) is 11.3. The zero-order chi connectivity index (χ0) is 14.1. The van der Waals surface area contributed by atoms with Crippen LogP contribution in [0.1, 0.15) is 29.6 Å². The summed E-state index contributed by atoms with van der Waals surface area (Å²) >= 11 is 2.05. The first-order valence-electron chi connectivity index (χ1n) is 7.13. The normalized spacial score (nSPS) is 23.5. The molecule has 1 amide bonds. The third-order valence-corrected chi connectivity index (χ3v) is 4.96. The minimum atomic E-state index is -0.409. The number of halogens is 2. The molecule has 0 saturated carbocycles. The van der Waals surface area contributed by atoms with Gasteiger partial charge in [-0.05, 0) is 60.2 Å². The van der Waals surface area contributed by atoms with Crippen molar-refractivity contribution in [2.24, 2.45) is 0 Å². The summed E-state index contributed by atoms with van der Waals surface area (Å²) in [4.78, 5) is 16.8. The Labute approximate surface area is 132 Å². The zero-order valence-corrected chi connectivity index (χ0v) is 13.5. The fourth-order valence-electron chi connectivity index (χ4n) is 3.17. The number of rotatable bonds is 1. The number of piperidine rings is 1. The molecule has 108 valence electrons. The van der Waals surface area contributed by atoms with Crippen LogP contribution in [0.2, 0.25) is 0 Å². The van der Waals surface area contributed by atoms with Crippen molar-refractivity contribution in [3.05, 3.63) is 33.1 Å². The van der Waals surface area contributed by atoms with Crippen molar-refractivity contribution in [1.29, 1.82) is 0 Å². The Kier molecular flexibility index (Phi) is 4.26. The van der Waals surface area contributed by atoms with Gasteiger partial charge in [0.2, 0.25) is 0 Å². The van der Waals surface area contributed by atoms with Gasteiger partial charge < -0.3 is 4.90 Å². The monoisotopic (exact) mass is 388 g/mol. The summed E-state index contributed by atoms with van der Waals surface area (Å²) < 4.78 is 14.7. The smallest absolute Gasteiger partial charge is 0.256 e. The van der Waals surface area contributed by atoms with E-state index in [1.165, 1.54) is 18.9 Å². The van der Waals surface area contributed by atoms with Crippen LogP contribution in [0.3, 0.4) is 0 Å². The molecule has 0 aliphatic carbocycles. The molecule has 1 aromatic rings. The highest BCUT2D eigenvalue weighted by atomic mass is 127. The highest BCUT2D eigenvalue weighted by molar-refractivity contribution is 14.1. The Balaban J connectivity index is 1.74.